The third kappa shape index (κ3) is 4.20. The van der Waals surface area contributed by atoms with E-state index >= 15 is 0 Å². The van der Waals surface area contributed by atoms with Crippen molar-refractivity contribution < 1.29 is 22.1 Å². The maximum atomic E-state index is 14.4. The highest BCUT2D eigenvalue weighted by Gasteiger charge is 2.38. The van der Waals surface area contributed by atoms with Crippen molar-refractivity contribution >= 4 is 5.95 Å². The van der Waals surface area contributed by atoms with Crippen LogP contribution in [0.5, 0.6) is 0 Å². The lowest BCUT2D eigenvalue weighted by Crippen LogP contribution is -2.21. The van der Waals surface area contributed by atoms with Crippen LogP contribution in [-0.4, -0.2) is 20.1 Å². The van der Waals surface area contributed by atoms with E-state index in [0.29, 0.717) is 5.56 Å². The summed E-state index contributed by atoms with van der Waals surface area (Å²) in [5, 5.41) is 6.49. The highest BCUT2D eigenvalue weighted by atomic mass is 19.4. The number of hydrogen-bond acceptors (Lipinski definition) is 6. The summed E-state index contributed by atoms with van der Waals surface area (Å²) in [6, 6.07) is 6.26. The molecule has 4 rings (SSSR count). The zero-order valence-electron chi connectivity index (χ0n) is 15.2. The average molecular weight is 407 g/mol. The van der Waals surface area contributed by atoms with E-state index in [9.17, 15) is 17.6 Å². The Kier molecular flexibility index (Phi) is 5.16. The number of halogens is 4. The van der Waals surface area contributed by atoms with Gasteiger partial charge in [0.25, 0.3) is 0 Å². The second-order valence-corrected chi connectivity index (χ2v) is 6.90. The largest absolute Gasteiger partial charge is 0.471 e. The quantitative estimate of drug-likeness (QED) is 0.598. The highest BCUT2D eigenvalue weighted by Crippen LogP contribution is 2.38. The molecule has 0 bridgehead atoms. The van der Waals surface area contributed by atoms with E-state index in [1.54, 1.807) is 18.2 Å². The molecule has 1 saturated carbocycles. The second-order valence-electron chi connectivity index (χ2n) is 6.90. The maximum Gasteiger partial charge on any atom is 0.471 e. The van der Waals surface area contributed by atoms with Crippen molar-refractivity contribution in [3.05, 3.63) is 53.9 Å². The van der Waals surface area contributed by atoms with Crippen molar-refractivity contribution in [3.8, 4) is 11.4 Å². The first-order valence-electron chi connectivity index (χ1n) is 9.16. The molecule has 0 aliphatic heterocycles. The van der Waals surface area contributed by atoms with E-state index in [4.69, 9.17) is 0 Å². The first-order valence-corrected chi connectivity index (χ1v) is 9.16. The van der Waals surface area contributed by atoms with Crippen LogP contribution in [0.2, 0.25) is 0 Å². The fourth-order valence-electron chi connectivity index (χ4n) is 3.58. The predicted octanol–water partition coefficient (Wildman–Crippen LogP) is 5.03. The molecule has 29 heavy (non-hydrogen) atoms. The Morgan fingerprint density at radius 3 is 2.38 bits per heavy atom. The van der Waals surface area contributed by atoms with Crippen LogP contribution in [0.4, 0.5) is 23.5 Å². The summed E-state index contributed by atoms with van der Waals surface area (Å²) in [5.74, 6) is -1.52. The van der Waals surface area contributed by atoms with Crippen molar-refractivity contribution in [1.29, 1.82) is 0 Å². The van der Waals surface area contributed by atoms with Crippen LogP contribution in [0.3, 0.4) is 0 Å². The number of rotatable bonds is 5. The first kappa shape index (κ1) is 19.3. The molecule has 1 unspecified atom stereocenters. The molecular formula is C19H17F4N5O. The van der Waals surface area contributed by atoms with Gasteiger partial charge >= 0.3 is 12.1 Å². The summed E-state index contributed by atoms with van der Waals surface area (Å²) < 4.78 is 56.4. The van der Waals surface area contributed by atoms with Gasteiger partial charge in [-0.25, -0.2) is 14.4 Å². The lowest BCUT2D eigenvalue weighted by Gasteiger charge is -2.25. The van der Waals surface area contributed by atoms with Crippen LogP contribution in [0.25, 0.3) is 11.4 Å². The van der Waals surface area contributed by atoms with Gasteiger partial charge in [-0.3, -0.25) is 0 Å². The number of nitrogens with zero attached hydrogens (tertiary/aromatic N) is 4. The number of aromatic nitrogens is 4. The molecule has 152 valence electrons. The fourth-order valence-corrected chi connectivity index (χ4v) is 3.58. The van der Waals surface area contributed by atoms with Crippen molar-refractivity contribution in [2.24, 2.45) is 5.92 Å². The lowest BCUT2D eigenvalue weighted by atomic mass is 9.91. The molecule has 2 heterocycles. The van der Waals surface area contributed by atoms with E-state index in [-0.39, 0.29) is 35.1 Å². The van der Waals surface area contributed by atoms with Gasteiger partial charge in [-0.05, 0) is 24.8 Å². The Hall–Kier alpha value is -3.04. The van der Waals surface area contributed by atoms with Gasteiger partial charge in [0.1, 0.15) is 5.82 Å². The number of hydrogen-bond donors (Lipinski definition) is 1. The van der Waals surface area contributed by atoms with Gasteiger partial charge in [-0.1, -0.05) is 36.2 Å². The molecule has 1 fully saturated rings. The van der Waals surface area contributed by atoms with Crippen LogP contribution in [0, 0.1) is 11.7 Å². The van der Waals surface area contributed by atoms with E-state index in [0.717, 1.165) is 25.7 Å². The van der Waals surface area contributed by atoms with E-state index in [2.05, 4.69) is 29.9 Å². The second kappa shape index (κ2) is 7.76. The van der Waals surface area contributed by atoms with E-state index < -0.39 is 12.1 Å². The van der Waals surface area contributed by atoms with Crippen molar-refractivity contribution in [3.63, 3.8) is 0 Å². The Balaban J connectivity index is 1.56. The fraction of sp³-hybridized carbons (Fsp3) is 0.368. The smallest absolute Gasteiger partial charge is 0.347 e. The Bertz CT molecular complexity index is 967. The van der Waals surface area contributed by atoms with Gasteiger partial charge in [0.05, 0.1) is 11.6 Å². The van der Waals surface area contributed by atoms with Gasteiger partial charge in [-0.15, -0.1) is 0 Å². The lowest BCUT2D eigenvalue weighted by molar-refractivity contribution is -0.159. The molecule has 1 aliphatic rings. The van der Waals surface area contributed by atoms with Gasteiger partial charge in [0.2, 0.25) is 11.8 Å². The molecule has 0 saturated heterocycles. The van der Waals surface area contributed by atoms with Gasteiger partial charge in [-0.2, -0.15) is 18.2 Å². The molecule has 0 spiro atoms. The van der Waals surface area contributed by atoms with Gasteiger partial charge in [0.15, 0.2) is 0 Å². The van der Waals surface area contributed by atoms with Crippen molar-refractivity contribution in [2.75, 3.05) is 5.32 Å². The van der Waals surface area contributed by atoms with Crippen molar-refractivity contribution in [2.45, 2.75) is 37.9 Å². The van der Waals surface area contributed by atoms with E-state index in [1.807, 2.05) is 0 Å². The summed E-state index contributed by atoms with van der Waals surface area (Å²) in [7, 11) is 0. The standard InChI is InChI=1S/C19H17F4N5O/c20-14-8-4-3-7-13(14)15(11-5-1-2-6-11)26-18-24-9-12(10-25-18)16-27-17(29-28-16)19(21,22)23/h3-4,7-11,15H,1-2,5-6H2,(H,24,25,26). The summed E-state index contributed by atoms with van der Waals surface area (Å²) >= 11 is 0. The average Bonchev–Trinajstić information content (AvgIpc) is 3.39. The Morgan fingerprint density at radius 2 is 1.76 bits per heavy atom. The number of benzene rings is 1. The minimum Gasteiger partial charge on any atom is -0.347 e. The minimum absolute atomic E-state index is 0.179. The van der Waals surface area contributed by atoms with Gasteiger partial charge < -0.3 is 9.84 Å². The molecule has 3 aromatic rings. The van der Waals surface area contributed by atoms with Gasteiger partial charge in [0, 0.05) is 18.0 Å². The molecule has 6 nitrogen and oxygen atoms in total. The van der Waals surface area contributed by atoms with Crippen LogP contribution in [-0.2, 0) is 6.18 Å². The summed E-state index contributed by atoms with van der Waals surface area (Å²) in [4.78, 5) is 11.6. The van der Waals surface area contributed by atoms with Crippen LogP contribution in [0.1, 0.15) is 43.2 Å². The first-order chi connectivity index (χ1) is 13.9. The Morgan fingerprint density at radius 1 is 1.07 bits per heavy atom. The zero-order chi connectivity index (χ0) is 20.4. The molecule has 2 aromatic heterocycles. The third-order valence-electron chi connectivity index (χ3n) is 4.97. The molecule has 1 atom stereocenters. The molecule has 10 heteroatoms. The summed E-state index contributed by atoms with van der Waals surface area (Å²) in [6.45, 7) is 0. The summed E-state index contributed by atoms with van der Waals surface area (Å²) in [5.41, 5.74) is 0.721. The summed E-state index contributed by atoms with van der Waals surface area (Å²) in [6.07, 6.45) is 1.97. The molecule has 1 aliphatic carbocycles. The van der Waals surface area contributed by atoms with E-state index in [1.165, 1.54) is 18.5 Å². The van der Waals surface area contributed by atoms with Crippen LogP contribution >= 0.6 is 0 Å². The Labute approximate surface area is 163 Å². The SMILES string of the molecule is Fc1ccccc1C(Nc1ncc(-c2noc(C(F)(F)F)n2)cn1)C1CCCC1. The predicted molar refractivity (Wildman–Crippen MR) is 95.0 cm³/mol. The number of anilines is 1. The van der Waals surface area contributed by atoms with Crippen LogP contribution < -0.4 is 5.32 Å². The maximum absolute atomic E-state index is 14.4. The molecule has 1 aromatic carbocycles. The molecule has 0 amide bonds. The number of alkyl halides is 3. The van der Waals surface area contributed by atoms with Crippen molar-refractivity contribution in [1.82, 2.24) is 20.1 Å². The topological polar surface area (TPSA) is 76.7 Å². The third-order valence-corrected chi connectivity index (χ3v) is 4.97. The molecule has 0 radical (unpaired) electrons. The molecule has 1 N–H and O–H groups in total. The normalized spacial score (nSPS) is 16.1. The van der Waals surface area contributed by atoms with Crippen LogP contribution in [0.15, 0.2) is 41.2 Å². The monoisotopic (exact) mass is 407 g/mol. The zero-order valence-corrected chi connectivity index (χ0v) is 15.2. The molecular weight excluding hydrogens is 390 g/mol. The minimum atomic E-state index is -4.72. The number of nitrogens with one attached hydrogen (secondary N) is 1. The highest BCUT2D eigenvalue weighted by molar-refractivity contribution is 5.52.